The number of phenols is 1. The fourth-order valence-corrected chi connectivity index (χ4v) is 3.93. The first-order chi connectivity index (χ1) is 13.4. The Balaban J connectivity index is 1.97. The van der Waals surface area contributed by atoms with Gasteiger partial charge in [0.25, 0.3) is 0 Å². The predicted octanol–water partition coefficient (Wildman–Crippen LogP) is 2.45. The highest BCUT2D eigenvalue weighted by molar-refractivity contribution is 8.76. The molecule has 158 valence electrons. The van der Waals surface area contributed by atoms with E-state index >= 15 is 0 Å². The van der Waals surface area contributed by atoms with Crippen LogP contribution in [-0.4, -0.2) is 85.8 Å². The van der Waals surface area contributed by atoms with Gasteiger partial charge in [-0.2, -0.15) is 0 Å². The number of benzene rings is 1. The molecular formula is C19H31N3O4S2. The molecular weight excluding hydrogens is 398 g/mol. The van der Waals surface area contributed by atoms with Crippen LogP contribution in [0.25, 0.3) is 0 Å². The molecule has 9 heteroatoms. The molecule has 0 spiro atoms. The van der Waals surface area contributed by atoms with Gasteiger partial charge in [-0.05, 0) is 44.8 Å². The minimum absolute atomic E-state index is 0.0393. The Kier molecular flexibility index (Phi) is 12.6. The summed E-state index contributed by atoms with van der Waals surface area (Å²) in [5.41, 5.74) is 0.867. The number of carbonyl (C=O) groups is 2. The number of nitrogens with one attached hydrogen (secondary N) is 1. The van der Waals surface area contributed by atoms with Crippen molar-refractivity contribution in [2.24, 2.45) is 0 Å². The summed E-state index contributed by atoms with van der Waals surface area (Å²) in [7, 11) is 9.03. The highest BCUT2D eigenvalue weighted by Gasteiger charge is 2.09. The Hall–Kier alpha value is -1.58. The normalized spacial score (nSPS) is 10.7. The van der Waals surface area contributed by atoms with Gasteiger partial charge in [0.05, 0.1) is 6.42 Å². The summed E-state index contributed by atoms with van der Waals surface area (Å²) in [6.45, 7) is 2.59. The van der Waals surface area contributed by atoms with E-state index in [1.807, 2.05) is 14.1 Å². The maximum absolute atomic E-state index is 11.8. The third-order valence-corrected chi connectivity index (χ3v) is 6.07. The van der Waals surface area contributed by atoms with Gasteiger partial charge >= 0.3 is 6.09 Å². The van der Waals surface area contributed by atoms with E-state index in [1.165, 1.54) is 0 Å². The summed E-state index contributed by atoms with van der Waals surface area (Å²) in [6.07, 6.45) is 0.934. The third kappa shape index (κ3) is 12.0. The quantitative estimate of drug-likeness (QED) is 0.368. The summed E-state index contributed by atoms with van der Waals surface area (Å²) in [6, 6.07) is 6.62. The number of hydrogen-bond acceptors (Lipinski definition) is 7. The molecule has 0 unspecified atom stereocenters. The number of amides is 2. The Bertz CT molecular complexity index is 585. The molecule has 0 aliphatic rings. The van der Waals surface area contributed by atoms with Gasteiger partial charge in [-0.15, -0.1) is 0 Å². The maximum atomic E-state index is 11.8. The molecule has 1 aromatic carbocycles. The van der Waals surface area contributed by atoms with Crippen LogP contribution in [0.4, 0.5) is 4.79 Å². The van der Waals surface area contributed by atoms with Crippen LogP contribution in [0.15, 0.2) is 24.3 Å². The molecule has 28 heavy (non-hydrogen) atoms. The second kappa shape index (κ2) is 14.4. The van der Waals surface area contributed by atoms with E-state index in [0.29, 0.717) is 31.9 Å². The lowest BCUT2D eigenvalue weighted by Crippen LogP contribution is -2.30. The average molecular weight is 430 g/mol. The minimum Gasteiger partial charge on any atom is -0.508 e. The number of ether oxygens (including phenoxy) is 1. The topological polar surface area (TPSA) is 82.1 Å². The van der Waals surface area contributed by atoms with Crippen LogP contribution in [0.2, 0.25) is 0 Å². The molecule has 0 fully saturated rings. The van der Waals surface area contributed by atoms with Crippen molar-refractivity contribution < 1.29 is 19.4 Å². The van der Waals surface area contributed by atoms with E-state index in [-0.39, 0.29) is 17.7 Å². The molecule has 2 amide bonds. The van der Waals surface area contributed by atoms with Gasteiger partial charge < -0.3 is 25.0 Å². The number of nitrogens with zero attached hydrogens (tertiary/aromatic N) is 2. The largest absolute Gasteiger partial charge is 0.508 e. The van der Waals surface area contributed by atoms with Gasteiger partial charge in [-0.25, -0.2) is 4.79 Å². The van der Waals surface area contributed by atoms with Gasteiger partial charge in [0.2, 0.25) is 5.91 Å². The summed E-state index contributed by atoms with van der Waals surface area (Å²) in [4.78, 5) is 27.3. The standard InChI is InChI=1S/C19H31N3O4S2/c1-21(2)10-4-11-22(3)19(25)26-12-14-28-27-13-9-20-18(24)15-16-5-7-17(23)8-6-16/h5-8,23H,4,9-15H2,1-3H3,(H,20,24). The third-order valence-electron chi connectivity index (χ3n) is 3.69. The second-order valence-electron chi connectivity index (χ2n) is 6.53. The van der Waals surface area contributed by atoms with E-state index in [9.17, 15) is 14.7 Å². The van der Waals surface area contributed by atoms with Crippen LogP contribution in [0.3, 0.4) is 0 Å². The van der Waals surface area contributed by atoms with E-state index in [1.54, 1.807) is 57.8 Å². The van der Waals surface area contributed by atoms with Crippen LogP contribution in [-0.2, 0) is 16.0 Å². The van der Waals surface area contributed by atoms with Crippen LogP contribution in [0, 0.1) is 0 Å². The van der Waals surface area contributed by atoms with E-state index in [2.05, 4.69) is 10.2 Å². The van der Waals surface area contributed by atoms with E-state index in [0.717, 1.165) is 24.3 Å². The van der Waals surface area contributed by atoms with Gasteiger partial charge in [-0.1, -0.05) is 33.7 Å². The van der Waals surface area contributed by atoms with Crippen molar-refractivity contribution in [3.63, 3.8) is 0 Å². The Morgan fingerprint density at radius 2 is 1.75 bits per heavy atom. The van der Waals surface area contributed by atoms with Crippen molar-refractivity contribution >= 4 is 33.6 Å². The molecule has 0 aliphatic heterocycles. The zero-order chi connectivity index (χ0) is 20.8. The number of phenolic OH excluding ortho intramolecular Hbond substituents is 1. The highest BCUT2D eigenvalue weighted by atomic mass is 33.1. The van der Waals surface area contributed by atoms with Gasteiger partial charge in [0.15, 0.2) is 0 Å². The van der Waals surface area contributed by atoms with Crippen LogP contribution < -0.4 is 5.32 Å². The van der Waals surface area contributed by atoms with Crippen LogP contribution in [0.1, 0.15) is 12.0 Å². The Labute approximate surface area is 175 Å². The summed E-state index contributed by atoms with van der Waals surface area (Å²) in [5, 5.41) is 12.1. The molecule has 1 rings (SSSR count). The van der Waals surface area contributed by atoms with Crippen molar-refractivity contribution in [1.29, 1.82) is 0 Å². The van der Waals surface area contributed by atoms with Crippen LogP contribution >= 0.6 is 21.6 Å². The summed E-state index contributed by atoms with van der Waals surface area (Å²) >= 11 is 0. The smallest absolute Gasteiger partial charge is 0.409 e. The van der Waals surface area contributed by atoms with Gasteiger partial charge in [0.1, 0.15) is 12.4 Å². The van der Waals surface area contributed by atoms with Crippen LogP contribution in [0.5, 0.6) is 5.75 Å². The predicted molar refractivity (Wildman–Crippen MR) is 117 cm³/mol. The molecule has 0 bridgehead atoms. The zero-order valence-electron chi connectivity index (χ0n) is 16.8. The molecule has 0 saturated carbocycles. The molecule has 0 radical (unpaired) electrons. The molecule has 0 atom stereocenters. The van der Waals surface area contributed by atoms with E-state index in [4.69, 9.17) is 4.74 Å². The number of rotatable bonds is 13. The first-order valence-electron chi connectivity index (χ1n) is 9.20. The van der Waals surface area contributed by atoms with Crippen molar-refractivity contribution in [3.05, 3.63) is 29.8 Å². The molecule has 0 aliphatic carbocycles. The second-order valence-corrected chi connectivity index (χ2v) is 9.23. The maximum Gasteiger partial charge on any atom is 0.409 e. The number of carbonyl (C=O) groups excluding carboxylic acids is 2. The molecule has 0 heterocycles. The van der Waals surface area contributed by atoms with Crippen molar-refractivity contribution in [1.82, 2.24) is 15.1 Å². The average Bonchev–Trinajstić information content (AvgIpc) is 2.65. The summed E-state index contributed by atoms with van der Waals surface area (Å²) < 4.78 is 5.23. The minimum atomic E-state index is -0.286. The first kappa shape index (κ1) is 24.5. The molecule has 0 saturated heterocycles. The molecule has 0 aromatic heterocycles. The SMILES string of the molecule is CN(C)CCCN(C)C(=O)OCCSSCCNC(=O)Cc1ccc(O)cc1. The van der Waals surface area contributed by atoms with Crippen molar-refractivity contribution in [2.75, 3.05) is 58.9 Å². The summed E-state index contributed by atoms with van der Waals surface area (Å²) in [5.74, 6) is 1.65. The molecule has 7 nitrogen and oxygen atoms in total. The van der Waals surface area contributed by atoms with Gasteiger partial charge in [0, 0.05) is 31.6 Å². The van der Waals surface area contributed by atoms with Gasteiger partial charge in [-0.3, -0.25) is 4.79 Å². The fourth-order valence-electron chi connectivity index (χ4n) is 2.20. The molecule has 2 N–H and O–H groups in total. The van der Waals surface area contributed by atoms with Crippen molar-refractivity contribution in [2.45, 2.75) is 12.8 Å². The highest BCUT2D eigenvalue weighted by Crippen LogP contribution is 2.19. The number of hydrogen-bond donors (Lipinski definition) is 2. The lowest BCUT2D eigenvalue weighted by atomic mass is 10.1. The van der Waals surface area contributed by atoms with Crippen molar-refractivity contribution in [3.8, 4) is 5.75 Å². The Morgan fingerprint density at radius 3 is 2.43 bits per heavy atom. The monoisotopic (exact) mass is 429 g/mol. The Morgan fingerprint density at radius 1 is 1.07 bits per heavy atom. The first-order valence-corrected chi connectivity index (χ1v) is 11.7. The zero-order valence-corrected chi connectivity index (χ0v) is 18.5. The fraction of sp³-hybridized carbons (Fsp3) is 0.579. The van der Waals surface area contributed by atoms with E-state index < -0.39 is 0 Å². The lowest BCUT2D eigenvalue weighted by molar-refractivity contribution is -0.120. The molecule has 1 aromatic rings. The lowest BCUT2D eigenvalue weighted by Gasteiger charge is -2.18. The number of aromatic hydroxyl groups is 1.